The summed E-state index contributed by atoms with van der Waals surface area (Å²) in [6, 6.07) is 2.19. The highest BCUT2D eigenvalue weighted by molar-refractivity contribution is 7.99. The van der Waals surface area contributed by atoms with Crippen molar-refractivity contribution in [3.63, 3.8) is 0 Å². The lowest BCUT2D eigenvalue weighted by atomic mass is 10.2. The summed E-state index contributed by atoms with van der Waals surface area (Å²) in [5.74, 6) is 1.48. The molecule has 1 aliphatic carbocycles. The molecule has 3 N–H and O–H groups in total. The molecule has 0 saturated heterocycles. The van der Waals surface area contributed by atoms with Crippen LogP contribution < -0.4 is 16.0 Å². The minimum absolute atomic E-state index is 0.513. The molecule has 128 valence electrons. The van der Waals surface area contributed by atoms with Gasteiger partial charge >= 0.3 is 0 Å². The van der Waals surface area contributed by atoms with Gasteiger partial charge in [0.25, 0.3) is 0 Å². The van der Waals surface area contributed by atoms with Gasteiger partial charge in [-0.3, -0.25) is 4.99 Å². The van der Waals surface area contributed by atoms with E-state index in [2.05, 4.69) is 32.2 Å². The Kier molecular flexibility index (Phi) is 7.59. The second-order valence-electron chi connectivity index (χ2n) is 5.42. The molecule has 0 spiro atoms. The molecule has 1 aromatic rings. The highest BCUT2D eigenvalue weighted by Gasteiger charge is 2.24. The van der Waals surface area contributed by atoms with Gasteiger partial charge in [-0.05, 0) is 31.6 Å². The van der Waals surface area contributed by atoms with Crippen LogP contribution in [0.5, 0.6) is 0 Å². The van der Waals surface area contributed by atoms with Crippen LogP contribution in [0.1, 0.15) is 19.3 Å². The molecule has 0 amide bonds. The fraction of sp³-hybridized carbons (Fsp3) is 0.600. The Hall–Kier alpha value is -0.850. The number of aliphatic imine (C=N–C) groups is 1. The number of rotatable bonds is 6. The van der Waals surface area contributed by atoms with E-state index in [1.165, 1.54) is 19.3 Å². The highest BCUT2D eigenvalue weighted by Crippen LogP contribution is 2.28. The Morgan fingerprint density at radius 1 is 1.39 bits per heavy atom. The van der Waals surface area contributed by atoms with Gasteiger partial charge in [0.1, 0.15) is 5.82 Å². The topological polar surface area (TPSA) is 61.3 Å². The Morgan fingerprint density at radius 3 is 2.87 bits per heavy atom. The van der Waals surface area contributed by atoms with E-state index in [0.29, 0.717) is 28.4 Å². The average molecular weight is 376 g/mol. The monoisotopic (exact) mass is 375 g/mol. The molecule has 2 unspecified atom stereocenters. The number of hydrogen-bond donors (Lipinski definition) is 3. The maximum atomic E-state index is 6.07. The number of guanidine groups is 1. The van der Waals surface area contributed by atoms with Crippen LogP contribution in [0.4, 0.5) is 5.82 Å². The summed E-state index contributed by atoms with van der Waals surface area (Å²) in [7, 11) is 1.79. The van der Waals surface area contributed by atoms with Gasteiger partial charge in [-0.25, -0.2) is 4.98 Å². The van der Waals surface area contributed by atoms with E-state index in [4.69, 9.17) is 23.2 Å². The Bertz CT molecular complexity index is 541. The molecule has 0 aromatic carbocycles. The zero-order valence-electron chi connectivity index (χ0n) is 13.4. The highest BCUT2D eigenvalue weighted by atomic mass is 35.5. The van der Waals surface area contributed by atoms with Crippen LogP contribution in [-0.4, -0.2) is 48.6 Å². The molecule has 1 aliphatic rings. The normalized spacial score (nSPS) is 21.3. The van der Waals surface area contributed by atoms with Crippen molar-refractivity contribution in [2.45, 2.75) is 30.6 Å². The van der Waals surface area contributed by atoms with Crippen molar-refractivity contribution in [1.29, 1.82) is 0 Å². The Morgan fingerprint density at radius 2 is 2.22 bits per heavy atom. The van der Waals surface area contributed by atoms with E-state index < -0.39 is 0 Å². The van der Waals surface area contributed by atoms with Crippen LogP contribution in [0.2, 0.25) is 10.0 Å². The first-order valence-electron chi connectivity index (χ1n) is 7.67. The minimum atomic E-state index is 0.513. The lowest BCUT2D eigenvalue weighted by molar-refractivity contribution is 0.616. The zero-order valence-corrected chi connectivity index (χ0v) is 15.7. The second-order valence-corrected chi connectivity index (χ2v) is 7.40. The third-order valence-electron chi connectivity index (χ3n) is 3.80. The number of hydrogen-bond acceptors (Lipinski definition) is 4. The summed E-state index contributed by atoms with van der Waals surface area (Å²) in [6.45, 7) is 1.41. The number of nitrogens with zero attached hydrogens (tertiary/aromatic N) is 2. The number of pyridine rings is 1. The molecular formula is C15H23Cl2N5S. The minimum Gasteiger partial charge on any atom is -0.367 e. The van der Waals surface area contributed by atoms with Gasteiger partial charge in [-0.15, -0.1) is 0 Å². The van der Waals surface area contributed by atoms with Crippen molar-refractivity contribution in [2.24, 2.45) is 4.99 Å². The molecule has 8 heteroatoms. The predicted octanol–water partition coefficient (Wildman–Crippen LogP) is 3.25. The van der Waals surface area contributed by atoms with E-state index in [-0.39, 0.29) is 0 Å². The molecule has 1 aromatic heterocycles. The number of anilines is 1. The summed E-state index contributed by atoms with van der Waals surface area (Å²) in [4.78, 5) is 8.44. The summed E-state index contributed by atoms with van der Waals surface area (Å²) in [6.07, 6.45) is 7.44. The molecule has 1 saturated carbocycles. The largest absolute Gasteiger partial charge is 0.367 e. The van der Waals surface area contributed by atoms with E-state index in [1.54, 1.807) is 19.3 Å². The Labute approximate surface area is 152 Å². The maximum Gasteiger partial charge on any atom is 0.191 e. The van der Waals surface area contributed by atoms with Crippen LogP contribution >= 0.6 is 35.0 Å². The smallest absolute Gasteiger partial charge is 0.191 e. The predicted molar refractivity (Wildman–Crippen MR) is 102 cm³/mol. The first-order valence-corrected chi connectivity index (χ1v) is 9.71. The SMILES string of the molecule is CN=C(NCCNc1ncc(Cl)cc1Cl)NC1CCC(SC)C1. The first-order chi connectivity index (χ1) is 11.1. The maximum absolute atomic E-state index is 6.07. The molecule has 1 fully saturated rings. The molecule has 5 nitrogen and oxygen atoms in total. The first kappa shape index (κ1) is 18.5. The number of nitrogens with one attached hydrogen (secondary N) is 3. The van der Waals surface area contributed by atoms with Gasteiger partial charge in [0, 0.05) is 37.6 Å². The van der Waals surface area contributed by atoms with Gasteiger partial charge in [0.15, 0.2) is 5.96 Å². The average Bonchev–Trinajstić information content (AvgIpc) is 2.99. The van der Waals surface area contributed by atoms with E-state index in [9.17, 15) is 0 Å². The molecule has 1 heterocycles. The standard InChI is InChI=1S/C15H23Cl2N5S/c1-18-15(22-11-3-4-12(8-11)23-2)20-6-5-19-14-13(17)7-10(16)9-21-14/h7,9,11-12H,3-6,8H2,1-2H3,(H,19,21)(H2,18,20,22). The van der Waals surface area contributed by atoms with E-state index >= 15 is 0 Å². The summed E-state index contributed by atoms with van der Waals surface area (Å²) in [5, 5.41) is 11.8. The van der Waals surface area contributed by atoms with Crippen LogP contribution in [0.3, 0.4) is 0 Å². The third-order valence-corrected chi connectivity index (χ3v) is 5.39. The van der Waals surface area contributed by atoms with Crippen LogP contribution in [0, 0.1) is 0 Å². The fourth-order valence-electron chi connectivity index (χ4n) is 2.58. The van der Waals surface area contributed by atoms with Crippen molar-refractivity contribution < 1.29 is 0 Å². The quantitative estimate of drug-likeness (QED) is 0.404. The molecule has 0 aliphatic heterocycles. The molecule has 23 heavy (non-hydrogen) atoms. The summed E-state index contributed by atoms with van der Waals surface area (Å²) >= 11 is 13.9. The van der Waals surface area contributed by atoms with Crippen LogP contribution in [0.15, 0.2) is 17.3 Å². The molecular weight excluding hydrogens is 353 g/mol. The van der Waals surface area contributed by atoms with Crippen molar-refractivity contribution in [3.05, 3.63) is 22.3 Å². The fourth-order valence-corrected chi connectivity index (χ4v) is 3.82. The second kappa shape index (κ2) is 9.45. The van der Waals surface area contributed by atoms with E-state index in [0.717, 1.165) is 17.8 Å². The molecule has 0 bridgehead atoms. The molecule has 0 radical (unpaired) electrons. The lowest BCUT2D eigenvalue weighted by Gasteiger charge is -2.17. The van der Waals surface area contributed by atoms with Crippen molar-refractivity contribution >= 4 is 46.7 Å². The summed E-state index contributed by atoms with van der Waals surface area (Å²) in [5.41, 5.74) is 0. The molecule has 2 rings (SSSR count). The van der Waals surface area contributed by atoms with Gasteiger partial charge < -0.3 is 16.0 Å². The molecule has 2 atom stereocenters. The van der Waals surface area contributed by atoms with Crippen LogP contribution in [-0.2, 0) is 0 Å². The number of halogens is 2. The van der Waals surface area contributed by atoms with Crippen molar-refractivity contribution in [1.82, 2.24) is 15.6 Å². The lowest BCUT2D eigenvalue weighted by Crippen LogP contribution is -2.44. The van der Waals surface area contributed by atoms with Crippen LogP contribution in [0.25, 0.3) is 0 Å². The third kappa shape index (κ3) is 5.94. The van der Waals surface area contributed by atoms with E-state index in [1.807, 2.05) is 11.8 Å². The van der Waals surface area contributed by atoms with Gasteiger partial charge in [-0.1, -0.05) is 23.2 Å². The van der Waals surface area contributed by atoms with Gasteiger partial charge in [-0.2, -0.15) is 11.8 Å². The number of thioether (sulfide) groups is 1. The van der Waals surface area contributed by atoms with Gasteiger partial charge in [0.2, 0.25) is 0 Å². The Balaban J connectivity index is 1.70. The van der Waals surface area contributed by atoms with Gasteiger partial charge in [0.05, 0.1) is 10.0 Å². The van der Waals surface area contributed by atoms with Crippen molar-refractivity contribution in [2.75, 3.05) is 31.7 Å². The summed E-state index contributed by atoms with van der Waals surface area (Å²) < 4.78 is 0. The van der Waals surface area contributed by atoms with Crippen molar-refractivity contribution in [3.8, 4) is 0 Å². The number of aromatic nitrogens is 1. The zero-order chi connectivity index (χ0) is 16.7.